The van der Waals surface area contributed by atoms with Crippen molar-refractivity contribution in [3.63, 3.8) is 0 Å². The Bertz CT molecular complexity index is 723. The van der Waals surface area contributed by atoms with Crippen LogP contribution < -0.4 is 15.2 Å². The number of rotatable bonds is 4. The second-order valence-electron chi connectivity index (χ2n) is 5.46. The topological polar surface area (TPSA) is 111 Å². The van der Waals surface area contributed by atoms with E-state index in [1.807, 2.05) is 0 Å². The number of nitrogens with two attached hydrogens (primary N) is 1. The van der Waals surface area contributed by atoms with Crippen LogP contribution in [0.25, 0.3) is 0 Å². The van der Waals surface area contributed by atoms with Crippen LogP contribution in [0.2, 0.25) is 0 Å². The summed E-state index contributed by atoms with van der Waals surface area (Å²) < 4.78 is 34.3. The third-order valence-electron chi connectivity index (χ3n) is 3.28. The van der Waals surface area contributed by atoms with Gasteiger partial charge in [0.05, 0.1) is 16.7 Å². The molecule has 0 spiro atoms. The third-order valence-corrected chi connectivity index (χ3v) is 4.20. The summed E-state index contributed by atoms with van der Waals surface area (Å²) in [5, 5.41) is 0. The van der Waals surface area contributed by atoms with Crippen molar-refractivity contribution < 1.29 is 17.9 Å². The first-order chi connectivity index (χ1) is 9.62. The maximum absolute atomic E-state index is 11.5. The molecule has 0 bridgehead atoms. The molecule has 1 aliphatic rings. The Hall–Kier alpha value is -2.09. The molecule has 0 unspecified atom stereocenters. The van der Waals surface area contributed by atoms with Gasteiger partial charge in [0.1, 0.15) is 18.1 Å². The number of nitrogens with one attached hydrogen (secondary N) is 1. The molecule has 1 heterocycles. The van der Waals surface area contributed by atoms with E-state index in [2.05, 4.69) is 9.12 Å². The Balaban J connectivity index is 2.35. The van der Waals surface area contributed by atoms with Crippen LogP contribution in [0, 0.1) is 5.41 Å². The largest absolute Gasteiger partial charge is 0.492 e. The smallest absolute Gasteiger partial charge is 0.344 e. The summed E-state index contributed by atoms with van der Waals surface area (Å²) in [7, 11) is -3.82. The van der Waals surface area contributed by atoms with E-state index >= 15 is 0 Å². The summed E-state index contributed by atoms with van der Waals surface area (Å²) in [6.45, 7) is 5.18. The fourth-order valence-corrected chi connectivity index (χ4v) is 2.54. The lowest BCUT2D eigenvalue weighted by Gasteiger charge is -2.24. The fraction of sp³-hybridized carbons (Fsp3) is 0.385. The molecule has 0 saturated carbocycles. The molecule has 0 fully saturated rings. The predicted molar refractivity (Wildman–Crippen MR) is 79.7 cm³/mol. The zero-order valence-corrected chi connectivity index (χ0v) is 12.8. The van der Waals surface area contributed by atoms with Gasteiger partial charge in [0, 0.05) is 0 Å². The van der Waals surface area contributed by atoms with Crippen molar-refractivity contribution in [2.75, 3.05) is 11.3 Å². The van der Waals surface area contributed by atoms with Gasteiger partial charge in [-0.15, -0.1) is 4.40 Å². The van der Waals surface area contributed by atoms with E-state index in [0.29, 0.717) is 17.0 Å². The number of hydrogen-bond donors (Lipinski definition) is 2. The van der Waals surface area contributed by atoms with Crippen LogP contribution in [0.5, 0.6) is 5.75 Å². The molecule has 8 heteroatoms. The van der Waals surface area contributed by atoms with Crippen molar-refractivity contribution >= 4 is 27.5 Å². The minimum Gasteiger partial charge on any atom is -0.492 e. The van der Waals surface area contributed by atoms with Gasteiger partial charge in [-0.05, 0) is 32.9 Å². The number of carbonyl (C=O) groups excluding carboxylic acids is 1. The Morgan fingerprint density at radius 1 is 1.43 bits per heavy atom. The molecule has 3 N–H and O–H groups in total. The van der Waals surface area contributed by atoms with Gasteiger partial charge in [0.15, 0.2) is 5.84 Å². The van der Waals surface area contributed by atoms with Gasteiger partial charge in [-0.25, -0.2) is 0 Å². The van der Waals surface area contributed by atoms with Gasteiger partial charge in [-0.3, -0.25) is 9.52 Å². The zero-order chi connectivity index (χ0) is 15.8. The molecule has 0 amide bonds. The van der Waals surface area contributed by atoms with E-state index in [1.54, 1.807) is 32.0 Å². The lowest BCUT2D eigenvalue weighted by Crippen LogP contribution is -2.31. The van der Waals surface area contributed by atoms with Crippen molar-refractivity contribution in [3.05, 3.63) is 23.8 Å². The molecule has 114 valence electrons. The van der Waals surface area contributed by atoms with E-state index in [0.717, 1.165) is 0 Å². The lowest BCUT2D eigenvalue weighted by molar-refractivity contribution is -0.126. The standard InChI is InChI=1S/C13H17N3O4S/c1-8(17)13(2,3)7-20-10-6-4-5-9-11(10)12(14)16-21(18,19)15-9/h4-6,15H,7H2,1-3H3,(H2,14,16). The fourth-order valence-electron chi connectivity index (χ4n) is 1.70. The molecule has 7 nitrogen and oxygen atoms in total. The van der Waals surface area contributed by atoms with E-state index in [-0.39, 0.29) is 18.2 Å². The molecular weight excluding hydrogens is 294 g/mol. The van der Waals surface area contributed by atoms with Gasteiger partial charge in [0.2, 0.25) is 0 Å². The SMILES string of the molecule is CC(=O)C(C)(C)COc1cccc2c1C(N)=NS(=O)(=O)N2. The minimum absolute atomic E-state index is 0.00496. The predicted octanol–water partition coefficient (Wildman–Crippen LogP) is 1.06. The van der Waals surface area contributed by atoms with Gasteiger partial charge in [0.25, 0.3) is 0 Å². The van der Waals surface area contributed by atoms with Crippen LogP contribution in [-0.4, -0.2) is 26.6 Å². The number of Topliss-reactive ketones (excluding diaryl/α,β-unsaturated/α-hetero) is 1. The Morgan fingerprint density at radius 3 is 2.71 bits per heavy atom. The lowest BCUT2D eigenvalue weighted by atomic mass is 9.90. The maximum Gasteiger partial charge on any atom is 0.344 e. The van der Waals surface area contributed by atoms with Crippen LogP contribution in [0.4, 0.5) is 5.69 Å². The first-order valence-corrected chi connectivity index (χ1v) is 7.72. The normalized spacial score (nSPS) is 16.4. The summed E-state index contributed by atoms with van der Waals surface area (Å²) in [4.78, 5) is 11.5. The molecule has 0 atom stereocenters. The third kappa shape index (κ3) is 3.15. The van der Waals surface area contributed by atoms with Crippen molar-refractivity contribution in [2.24, 2.45) is 15.5 Å². The number of ketones is 1. The van der Waals surface area contributed by atoms with Crippen molar-refractivity contribution in [1.82, 2.24) is 0 Å². The molecule has 21 heavy (non-hydrogen) atoms. The van der Waals surface area contributed by atoms with Crippen molar-refractivity contribution in [2.45, 2.75) is 20.8 Å². The first kappa shape index (κ1) is 15.3. The number of benzene rings is 1. The van der Waals surface area contributed by atoms with Gasteiger partial charge >= 0.3 is 10.2 Å². The monoisotopic (exact) mass is 311 g/mol. The Kier molecular flexibility index (Phi) is 3.66. The maximum atomic E-state index is 11.5. The second kappa shape index (κ2) is 5.03. The van der Waals surface area contributed by atoms with E-state index in [1.165, 1.54) is 6.92 Å². The number of carbonyl (C=O) groups is 1. The van der Waals surface area contributed by atoms with Gasteiger partial charge in [-0.2, -0.15) is 8.42 Å². The van der Waals surface area contributed by atoms with Crippen molar-refractivity contribution in [3.8, 4) is 5.75 Å². The molecule has 1 aromatic rings. The number of anilines is 1. The molecule has 0 aliphatic carbocycles. The van der Waals surface area contributed by atoms with Crippen LogP contribution in [0.15, 0.2) is 22.6 Å². The number of nitrogens with zero attached hydrogens (tertiary/aromatic N) is 1. The average Bonchev–Trinajstić information content (AvgIpc) is 2.34. The molecule has 0 saturated heterocycles. The summed E-state index contributed by atoms with van der Waals surface area (Å²) in [6.07, 6.45) is 0. The van der Waals surface area contributed by atoms with Crippen LogP contribution in [0.1, 0.15) is 26.3 Å². The van der Waals surface area contributed by atoms with E-state index < -0.39 is 15.6 Å². The summed E-state index contributed by atoms with van der Waals surface area (Å²) in [6, 6.07) is 4.85. The average molecular weight is 311 g/mol. The van der Waals surface area contributed by atoms with E-state index in [4.69, 9.17) is 10.5 Å². The summed E-state index contributed by atoms with van der Waals surface area (Å²) >= 11 is 0. The molecule has 1 aliphatic heterocycles. The zero-order valence-electron chi connectivity index (χ0n) is 12.0. The Morgan fingerprint density at radius 2 is 2.10 bits per heavy atom. The van der Waals surface area contributed by atoms with Gasteiger partial charge in [-0.1, -0.05) is 6.07 Å². The first-order valence-electron chi connectivity index (χ1n) is 6.28. The number of amidine groups is 1. The highest BCUT2D eigenvalue weighted by Gasteiger charge is 2.28. The van der Waals surface area contributed by atoms with Crippen LogP contribution >= 0.6 is 0 Å². The molecule has 0 radical (unpaired) electrons. The quantitative estimate of drug-likeness (QED) is 0.863. The highest BCUT2D eigenvalue weighted by atomic mass is 32.2. The highest BCUT2D eigenvalue weighted by Crippen LogP contribution is 2.31. The minimum atomic E-state index is -3.82. The molecule has 0 aromatic heterocycles. The second-order valence-corrected chi connectivity index (χ2v) is 6.80. The number of fused-ring (bicyclic) bond motifs is 1. The summed E-state index contributed by atoms with van der Waals surface area (Å²) in [5.41, 5.74) is 5.74. The van der Waals surface area contributed by atoms with Gasteiger partial charge < -0.3 is 10.5 Å². The molecule has 1 aromatic carbocycles. The number of hydrogen-bond acceptors (Lipinski definition) is 5. The van der Waals surface area contributed by atoms with Crippen molar-refractivity contribution in [1.29, 1.82) is 0 Å². The molecule has 2 rings (SSSR count). The van der Waals surface area contributed by atoms with Crippen LogP contribution in [-0.2, 0) is 15.0 Å². The highest BCUT2D eigenvalue weighted by molar-refractivity contribution is 7.91. The van der Waals surface area contributed by atoms with E-state index in [9.17, 15) is 13.2 Å². The number of ether oxygens (including phenoxy) is 1. The van der Waals surface area contributed by atoms with Crippen LogP contribution in [0.3, 0.4) is 0 Å². The molecular formula is C13H17N3O4S. The summed E-state index contributed by atoms with van der Waals surface area (Å²) in [5.74, 6) is 0.236. The Labute approximate surface area is 123 Å².